The van der Waals surface area contributed by atoms with Gasteiger partial charge in [-0.2, -0.15) is 0 Å². The van der Waals surface area contributed by atoms with Gasteiger partial charge in [-0.05, 0) is 61.6 Å². The van der Waals surface area contributed by atoms with Gasteiger partial charge in [-0.1, -0.05) is 31.1 Å². The molecule has 0 radical (unpaired) electrons. The van der Waals surface area contributed by atoms with E-state index >= 15 is 0 Å². The molecule has 4 nitrogen and oxygen atoms in total. The topological polar surface area (TPSA) is 38.8 Å². The number of rotatable bonds is 2. The van der Waals surface area contributed by atoms with Gasteiger partial charge in [-0.3, -0.25) is 4.79 Å². The van der Waals surface area contributed by atoms with E-state index in [1.54, 1.807) is 0 Å². The van der Waals surface area contributed by atoms with Crippen LogP contribution in [-0.2, 0) is 4.79 Å². The van der Waals surface area contributed by atoms with Crippen molar-refractivity contribution >= 4 is 5.91 Å². The summed E-state index contributed by atoms with van der Waals surface area (Å²) in [5.74, 6) is 3.28. The Labute approximate surface area is 161 Å². The number of carbonyl (C=O) groups is 1. The number of hydrogen-bond acceptors (Lipinski definition) is 3. The number of amides is 1. The third kappa shape index (κ3) is 3.13. The first-order valence-electron chi connectivity index (χ1n) is 10.7. The van der Waals surface area contributed by atoms with Crippen LogP contribution in [0.3, 0.4) is 0 Å². The van der Waals surface area contributed by atoms with Gasteiger partial charge in [-0.25, -0.2) is 0 Å². The zero-order valence-electron chi connectivity index (χ0n) is 15.9. The van der Waals surface area contributed by atoms with Crippen LogP contribution in [0.4, 0.5) is 0 Å². The highest BCUT2D eigenvalue weighted by atomic mass is 16.7. The molecule has 4 heteroatoms. The van der Waals surface area contributed by atoms with E-state index in [0.717, 1.165) is 37.4 Å². The normalized spacial score (nSPS) is 32.2. The molecule has 2 aliphatic carbocycles. The van der Waals surface area contributed by atoms with Crippen LogP contribution in [0, 0.1) is 17.8 Å². The molecule has 1 saturated carbocycles. The largest absolute Gasteiger partial charge is 0.454 e. The molecular weight excluding hydrogens is 338 g/mol. The highest BCUT2D eigenvalue weighted by molar-refractivity contribution is 5.81. The van der Waals surface area contributed by atoms with Crippen molar-refractivity contribution in [2.24, 2.45) is 17.8 Å². The van der Waals surface area contributed by atoms with E-state index in [9.17, 15) is 4.79 Å². The second kappa shape index (κ2) is 7.21. The van der Waals surface area contributed by atoms with Crippen molar-refractivity contribution in [3.05, 3.63) is 35.9 Å². The number of piperidine rings is 1. The molecule has 0 spiro atoms. The van der Waals surface area contributed by atoms with E-state index in [-0.39, 0.29) is 11.8 Å². The van der Waals surface area contributed by atoms with Gasteiger partial charge < -0.3 is 14.4 Å². The monoisotopic (exact) mass is 367 g/mol. The first kappa shape index (κ1) is 17.2. The number of ether oxygens (including phenoxy) is 2. The maximum atomic E-state index is 13.7. The van der Waals surface area contributed by atoms with Crippen molar-refractivity contribution in [3.63, 3.8) is 0 Å². The molecule has 2 fully saturated rings. The number of nitrogens with zero attached hydrogens (tertiary/aromatic N) is 1. The van der Waals surface area contributed by atoms with Crippen LogP contribution in [0.5, 0.6) is 11.5 Å². The maximum absolute atomic E-state index is 13.7. The van der Waals surface area contributed by atoms with E-state index in [0.29, 0.717) is 24.5 Å². The molecule has 4 unspecified atom stereocenters. The fourth-order valence-corrected chi connectivity index (χ4v) is 5.62. The van der Waals surface area contributed by atoms with E-state index in [4.69, 9.17) is 9.47 Å². The van der Waals surface area contributed by atoms with Gasteiger partial charge in [-0.15, -0.1) is 0 Å². The Morgan fingerprint density at radius 2 is 1.74 bits per heavy atom. The minimum atomic E-state index is 0.0683. The second-order valence-corrected chi connectivity index (χ2v) is 8.55. The van der Waals surface area contributed by atoms with Crippen LogP contribution in [0.1, 0.15) is 56.4 Å². The summed E-state index contributed by atoms with van der Waals surface area (Å²) in [5.41, 5.74) is 1.19. The summed E-state index contributed by atoms with van der Waals surface area (Å²) in [7, 11) is 0. The smallest absolute Gasteiger partial charge is 0.231 e. The number of allylic oxidation sites excluding steroid dienone is 2. The second-order valence-electron chi connectivity index (χ2n) is 8.55. The molecule has 2 aliphatic heterocycles. The van der Waals surface area contributed by atoms with E-state index < -0.39 is 0 Å². The molecule has 1 aromatic carbocycles. The van der Waals surface area contributed by atoms with Gasteiger partial charge in [0.25, 0.3) is 0 Å². The maximum Gasteiger partial charge on any atom is 0.231 e. The molecule has 1 amide bonds. The molecule has 2 heterocycles. The Bertz CT molecular complexity index is 737. The lowest BCUT2D eigenvalue weighted by Crippen LogP contribution is -2.47. The van der Waals surface area contributed by atoms with E-state index in [1.165, 1.54) is 37.7 Å². The van der Waals surface area contributed by atoms with Crippen molar-refractivity contribution in [3.8, 4) is 11.5 Å². The summed E-state index contributed by atoms with van der Waals surface area (Å²) in [5, 5.41) is 0. The molecule has 1 aromatic rings. The molecule has 4 atom stereocenters. The quantitative estimate of drug-likeness (QED) is 0.722. The predicted molar refractivity (Wildman–Crippen MR) is 104 cm³/mol. The Morgan fingerprint density at radius 1 is 0.926 bits per heavy atom. The molecule has 0 aromatic heterocycles. The highest BCUT2D eigenvalue weighted by Crippen LogP contribution is 2.48. The number of fused-ring (bicyclic) bond motifs is 2. The third-order valence-electron chi connectivity index (χ3n) is 7.02. The SMILES string of the molecule is O=C(C1C(c2ccc3c(c2)OCO3)C=CC2CCCCC21)N1CCCCC1. The lowest BCUT2D eigenvalue weighted by atomic mass is 9.63. The van der Waals surface area contributed by atoms with Gasteiger partial charge in [0.1, 0.15) is 0 Å². The number of likely N-dealkylation sites (tertiary alicyclic amines) is 1. The summed E-state index contributed by atoms with van der Waals surface area (Å²) in [6.45, 7) is 2.16. The van der Waals surface area contributed by atoms with Crippen molar-refractivity contribution in [2.75, 3.05) is 19.9 Å². The van der Waals surface area contributed by atoms with Gasteiger partial charge in [0, 0.05) is 19.0 Å². The van der Waals surface area contributed by atoms with Crippen molar-refractivity contribution in [2.45, 2.75) is 50.9 Å². The minimum absolute atomic E-state index is 0.0683. The highest BCUT2D eigenvalue weighted by Gasteiger charge is 2.44. The molecule has 27 heavy (non-hydrogen) atoms. The van der Waals surface area contributed by atoms with E-state index in [1.807, 2.05) is 6.07 Å². The summed E-state index contributed by atoms with van der Waals surface area (Å²) in [6.07, 6.45) is 13.2. The fourth-order valence-electron chi connectivity index (χ4n) is 5.62. The Balaban J connectivity index is 1.50. The zero-order chi connectivity index (χ0) is 18.2. The minimum Gasteiger partial charge on any atom is -0.454 e. The van der Waals surface area contributed by atoms with Gasteiger partial charge in [0.15, 0.2) is 11.5 Å². The summed E-state index contributed by atoms with van der Waals surface area (Å²) >= 11 is 0. The average Bonchev–Trinajstić information content (AvgIpc) is 3.21. The molecule has 0 bridgehead atoms. The third-order valence-corrected chi connectivity index (χ3v) is 7.02. The van der Waals surface area contributed by atoms with Gasteiger partial charge >= 0.3 is 0 Å². The zero-order valence-corrected chi connectivity index (χ0v) is 15.9. The van der Waals surface area contributed by atoms with Crippen molar-refractivity contribution in [1.82, 2.24) is 4.90 Å². The predicted octanol–water partition coefficient (Wildman–Crippen LogP) is 4.50. The Kier molecular flexibility index (Phi) is 4.58. The lowest BCUT2D eigenvalue weighted by molar-refractivity contribution is -0.140. The van der Waals surface area contributed by atoms with Gasteiger partial charge in [0.2, 0.25) is 12.7 Å². The summed E-state index contributed by atoms with van der Waals surface area (Å²) in [6, 6.07) is 6.22. The Hall–Kier alpha value is -1.97. The first-order valence-corrected chi connectivity index (χ1v) is 10.7. The van der Waals surface area contributed by atoms with Crippen LogP contribution in [0.15, 0.2) is 30.4 Å². The van der Waals surface area contributed by atoms with Crippen LogP contribution >= 0.6 is 0 Å². The van der Waals surface area contributed by atoms with Crippen LogP contribution in [-0.4, -0.2) is 30.7 Å². The van der Waals surface area contributed by atoms with Crippen LogP contribution < -0.4 is 9.47 Å². The lowest BCUT2D eigenvalue weighted by Gasteiger charge is -2.44. The van der Waals surface area contributed by atoms with Crippen LogP contribution in [0.25, 0.3) is 0 Å². The average molecular weight is 367 g/mol. The van der Waals surface area contributed by atoms with Crippen LogP contribution in [0.2, 0.25) is 0 Å². The summed E-state index contributed by atoms with van der Waals surface area (Å²) < 4.78 is 11.1. The molecule has 4 aliphatic rings. The van der Waals surface area contributed by atoms with Crippen molar-refractivity contribution in [1.29, 1.82) is 0 Å². The van der Waals surface area contributed by atoms with E-state index in [2.05, 4.69) is 29.2 Å². The first-order chi connectivity index (χ1) is 13.3. The summed E-state index contributed by atoms with van der Waals surface area (Å²) in [4.78, 5) is 15.8. The fraction of sp³-hybridized carbons (Fsp3) is 0.609. The molecule has 1 saturated heterocycles. The number of benzene rings is 1. The standard InChI is InChI=1S/C23H29NO3/c25-23(24-12-4-1-5-13-24)22-18-7-3-2-6-16(18)8-10-19(22)17-9-11-20-21(14-17)27-15-26-20/h8-11,14,16,18-19,22H,1-7,12-13,15H2. The molecule has 144 valence electrons. The number of hydrogen-bond donors (Lipinski definition) is 0. The molecular formula is C23H29NO3. The molecule has 0 N–H and O–H groups in total. The Morgan fingerprint density at radius 3 is 2.63 bits per heavy atom. The van der Waals surface area contributed by atoms with Crippen molar-refractivity contribution < 1.29 is 14.3 Å². The molecule has 5 rings (SSSR count). The van der Waals surface area contributed by atoms with Gasteiger partial charge in [0.05, 0.1) is 5.92 Å². The number of carbonyl (C=O) groups excluding carboxylic acids is 1.